The van der Waals surface area contributed by atoms with Crippen LogP contribution in [0.5, 0.6) is 0 Å². The molecule has 296 valence electrons. The molecule has 0 bridgehead atoms. The van der Waals surface area contributed by atoms with Gasteiger partial charge in [0.1, 0.15) is 33.7 Å². The molecule has 0 amide bonds. The van der Waals surface area contributed by atoms with E-state index in [4.69, 9.17) is 9.52 Å². The molecule has 1 atom stereocenters. The van der Waals surface area contributed by atoms with Gasteiger partial charge in [-0.15, -0.1) is 0 Å². The predicted octanol–water partition coefficient (Wildman–Crippen LogP) is 7.87. The summed E-state index contributed by atoms with van der Waals surface area (Å²) < 4.78 is 43.6. The van der Waals surface area contributed by atoms with Crippen LogP contribution in [0.15, 0.2) is 62.7 Å². The van der Waals surface area contributed by atoms with E-state index in [1.165, 1.54) is 31.1 Å². The van der Waals surface area contributed by atoms with Crippen LogP contribution in [0.3, 0.4) is 0 Å². The standard InChI is InChI=1S/C43H54N2O9S/c1-5-7-9-13-23-44(24-14-10-8-6-2)29-17-19-31-33-28-36(46)32(41(49)40(33)42(50)54-37(31)26-29)20-22-38-43(3,4)34-27-30(55(51,52)53)18-21-35(34)45(38)25-15-11-12-16-39(47)48/h17-22,26-27,32H,5-16,23-25,28H2,1-4H3,(H-,47,48,51,52,53)/b22-20+. The molecular formula is C43H54N2O9S. The number of carbonyl (C=O) groups excluding carboxylic acids is 2. The van der Waals surface area contributed by atoms with Crippen LogP contribution in [0.4, 0.5) is 11.4 Å². The Bertz CT molecular complexity index is 2150. The van der Waals surface area contributed by atoms with Gasteiger partial charge in [0.25, 0.3) is 0 Å². The Hall–Kier alpha value is -4.42. The molecule has 1 N–H and O–H groups in total. The number of hydrogen-bond acceptors (Lipinski definition) is 9. The van der Waals surface area contributed by atoms with E-state index in [2.05, 4.69) is 18.7 Å². The van der Waals surface area contributed by atoms with E-state index in [-0.39, 0.29) is 29.1 Å². The van der Waals surface area contributed by atoms with Gasteiger partial charge < -0.3 is 19.0 Å². The van der Waals surface area contributed by atoms with Crippen molar-refractivity contribution in [3.63, 3.8) is 0 Å². The average molecular weight is 775 g/mol. The largest absolute Gasteiger partial charge is 0.744 e. The van der Waals surface area contributed by atoms with E-state index in [1.807, 2.05) is 36.6 Å². The summed E-state index contributed by atoms with van der Waals surface area (Å²) in [6.45, 7) is 10.3. The Morgan fingerprint density at radius 3 is 2.25 bits per heavy atom. The number of ketones is 2. The fraction of sp³-hybridized carbons (Fsp3) is 0.512. The summed E-state index contributed by atoms with van der Waals surface area (Å²) in [5, 5.41) is 9.62. The maximum absolute atomic E-state index is 14.0. The quantitative estimate of drug-likeness (QED) is 0.0393. The van der Waals surface area contributed by atoms with Crippen LogP contribution in [-0.4, -0.2) is 65.5 Å². The first-order chi connectivity index (χ1) is 26.2. The average Bonchev–Trinajstić information content (AvgIpc) is 3.34. The minimum atomic E-state index is -4.73. The SMILES string of the molecule is CCCCCCN(CCCCCC)c1ccc2c3c(c(=O)oc2c1)C(=O)C(/C=C/C1=[N+](CCCCCC(=O)O)c2ccc(S(=O)(=O)[O-])cc2C1(C)C)C(=O)C3. The number of Topliss-reactive ketones (excluding diaryl/α,β-unsaturated/α-hetero) is 2. The summed E-state index contributed by atoms with van der Waals surface area (Å²) >= 11 is 0. The highest BCUT2D eigenvalue weighted by molar-refractivity contribution is 7.85. The van der Waals surface area contributed by atoms with Gasteiger partial charge in [-0.3, -0.25) is 14.4 Å². The van der Waals surface area contributed by atoms with Gasteiger partial charge in [-0.1, -0.05) is 58.4 Å². The molecule has 2 aromatic carbocycles. The molecule has 0 saturated carbocycles. The molecule has 1 unspecified atom stereocenters. The summed E-state index contributed by atoms with van der Waals surface area (Å²) in [5.74, 6) is -3.11. The summed E-state index contributed by atoms with van der Waals surface area (Å²) in [7, 11) is -4.73. The molecule has 1 aromatic heterocycles. The van der Waals surface area contributed by atoms with Gasteiger partial charge in [-0.25, -0.2) is 13.2 Å². The van der Waals surface area contributed by atoms with Crippen LogP contribution in [0.1, 0.15) is 126 Å². The van der Waals surface area contributed by atoms with E-state index in [0.29, 0.717) is 59.3 Å². The maximum Gasteiger partial charge on any atom is 0.347 e. The van der Waals surface area contributed by atoms with Crippen molar-refractivity contribution in [3.05, 3.63) is 75.7 Å². The molecular weight excluding hydrogens is 721 g/mol. The van der Waals surface area contributed by atoms with Crippen molar-refractivity contribution >= 4 is 55.7 Å². The van der Waals surface area contributed by atoms with Crippen molar-refractivity contribution in [3.8, 4) is 0 Å². The molecule has 2 heterocycles. The third kappa shape index (κ3) is 9.52. The number of allylic oxidation sites excluding steroid dienone is 2. The summed E-state index contributed by atoms with van der Waals surface area (Å²) in [4.78, 5) is 54.3. The minimum Gasteiger partial charge on any atom is -0.744 e. The van der Waals surface area contributed by atoms with Crippen LogP contribution in [0, 0.1) is 5.92 Å². The lowest BCUT2D eigenvalue weighted by molar-refractivity contribution is -0.438. The summed E-state index contributed by atoms with van der Waals surface area (Å²) in [5.41, 5.74) is 1.88. The van der Waals surface area contributed by atoms with Gasteiger partial charge in [0.2, 0.25) is 5.69 Å². The summed E-state index contributed by atoms with van der Waals surface area (Å²) in [6, 6.07) is 9.90. The highest BCUT2D eigenvalue weighted by Crippen LogP contribution is 2.42. The molecule has 11 nitrogen and oxygen atoms in total. The van der Waals surface area contributed by atoms with Crippen molar-refractivity contribution in [1.82, 2.24) is 0 Å². The predicted molar refractivity (Wildman–Crippen MR) is 212 cm³/mol. The Labute approximate surface area is 323 Å². The Kier molecular flexibility index (Phi) is 13.7. The zero-order valence-electron chi connectivity index (χ0n) is 32.5. The molecule has 12 heteroatoms. The van der Waals surface area contributed by atoms with Crippen molar-refractivity contribution in [2.75, 3.05) is 24.5 Å². The number of aliphatic carboxylic acids is 1. The van der Waals surface area contributed by atoms with Crippen LogP contribution in [0.25, 0.3) is 11.0 Å². The maximum atomic E-state index is 14.0. The normalized spacial score (nSPS) is 16.6. The van der Waals surface area contributed by atoms with Crippen molar-refractivity contribution in [2.24, 2.45) is 5.92 Å². The molecule has 1 aliphatic carbocycles. The second kappa shape index (κ2) is 18.0. The lowest BCUT2D eigenvalue weighted by Gasteiger charge is -2.26. The highest BCUT2D eigenvalue weighted by atomic mass is 32.2. The monoisotopic (exact) mass is 774 g/mol. The van der Waals surface area contributed by atoms with Crippen molar-refractivity contribution in [1.29, 1.82) is 0 Å². The first-order valence-corrected chi connectivity index (χ1v) is 21.2. The zero-order valence-corrected chi connectivity index (χ0v) is 33.3. The second-order valence-electron chi connectivity index (χ2n) is 15.4. The number of fused-ring (bicyclic) bond motifs is 4. The van der Waals surface area contributed by atoms with E-state index >= 15 is 0 Å². The second-order valence-corrected chi connectivity index (χ2v) is 16.8. The zero-order chi connectivity index (χ0) is 39.9. The fourth-order valence-corrected chi connectivity index (χ4v) is 8.45. The van der Waals surface area contributed by atoms with Crippen LogP contribution >= 0.6 is 0 Å². The Balaban J connectivity index is 1.45. The molecule has 2 aliphatic rings. The molecule has 0 radical (unpaired) electrons. The van der Waals surface area contributed by atoms with E-state index < -0.39 is 38.8 Å². The number of anilines is 1. The molecule has 1 aliphatic heterocycles. The number of carboxylic acid groups (broad SMARTS) is 1. The lowest BCUT2D eigenvalue weighted by atomic mass is 9.78. The van der Waals surface area contributed by atoms with Gasteiger partial charge in [0, 0.05) is 67.2 Å². The van der Waals surface area contributed by atoms with Crippen molar-refractivity contribution < 1.29 is 41.5 Å². The van der Waals surface area contributed by atoms with E-state index in [0.717, 1.165) is 57.3 Å². The van der Waals surface area contributed by atoms with Crippen LogP contribution in [0.2, 0.25) is 0 Å². The number of hydrogen-bond donors (Lipinski definition) is 1. The molecule has 0 spiro atoms. The Morgan fingerprint density at radius 1 is 0.945 bits per heavy atom. The first kappa shape index (κ1) is 41.7. The van der Waals surface area contributed by atoms with Gasteiger partial charge in [0.05, 0.1) is 10.3 Å². The topological polar surface area (TPSA) is 165 Å². The molecule has 0 fully saturated rings. The third-order valence-electron chi connectivity index (χ3n) is 11.0. The molecule has 3 aromatic rings. The smallest absolute Gasteiger partial charge is 0.347 e. The Morgan fingerprint density at radius 2 is 1.62 bits per heavy atom. The lowest BCUT2D eigenvalue weighted by Crippen LogP contribution is -2.35. The van der Waals surface area contributed by atoms with Crippen molar-refractivity contribution in [2.45, 2.75) is 121 Å². The fourth-order valence-electron chi connectivity index (χ4n) is 7.95. The van der Waals surface area contributed by atoms with Gasteiger partial charge in [-0.05, 0) is 69.4 Å². The third-order valence-corrected chi connectivity index (χ3v) is 11.9. The molecule has 0 saturated heterocycles. The number of carboxylic acids is 1. The van der Waals surface area contributed by atoms with Gasteiger partial charge in [-0.2, -0.15) is 4.58 Å². The van der Waals surface area contributed by atoms with E-state index in [9.17, 15) is 32.1 Å². The minimum absolute atomic E-state index is 0.0395. The van der Waals surface area contributed by atoms with Crippen LogP contribution in [-0.2, 0) is 31.5 Å². The van der Waals surface area contributed by atoms with E-state index in [1.54, 1.807) is 12.1 Å². The number of rotatable bonds is 20. The highest BCUT2D eigenvalue weighted by Gasteiger charge is 2.45. The van der Waals surface area contributed by atoms with Crippen LogP contribution < -0.4 is 10.5 Å². The first-order valence-electron chi connectivity index (χ1n) is 19.8. The number of nitrogens with zero attached hydrogens (tertiary/aromatic N) is 2. The molecule has 55 heavy (non-hydrogen) atoms. The molecule has 5 rings (SSSR count). The number of benzene rings is 2. The number of carbonyl (C=O) groups is 3. The number of unbranched alkanes of at least 4 members (excludes halogenated alkanes) is 8. The van der Waals surface area contributed by atoms with Gasteiger partial charge >= 0.3 is 11.6 Å². The van der Waals surface area contributed by atoms with Gasteiger partial charge in [0.15, 0.2) is 17.3 Å². The summed E-state index contributed by atoms with van der Waals surface area (Å²) in [6.07, 6.45) is 13.9.